The molecule has 1 aliphatic heterocycles. The zero-order valence-electron chi connectivity index (χ0n) is 8.28. The number of halogens is 1. The second-order valence-electron chi connectivity index (χ2n) is 3.60. The van der Waals surface area contributed by atoms with Gasteiger partial charge in [-0.1, -0.05) is 18.5 Å². The first-order chi connectivity index (χ1) is 6.81. The fourth-order valence-electron chi connectivity index (χ4n) is 2.04. The van der Waals surface area contributed by atoms with Crippen LogP contribution in [0.2, 0.25) is 5.15 Å². The van der Waals surface area contributed by atoms with Crippen LogP contribution in [0.4, 0.5) is 5.82 Å². The van der Waals surface area contributed by atoms with Crippen molar-refractivity contribution < 1.29 is 0 Å². The molecule has 4 heteroatoms. The van der Waals surface area contributed by atoms with Crippen LogP contribution in [0.5, 0.6) is 0 Å². The minimum Gasteiger partial charge on any atom is -0.354 e. The number of hydrogen-bond acceptors (Lipinski definition) is 3. The molecule has 0 N–H and O–H groups in total. The van der Waals surface area contributed by atoms with Crippen LogP contribution in [-0.4, -0.2) is 22.6 Å². The van der Waals surface area contributed by atoms with Crippen LogP contribution >= 0.6 is 11.6 Å². The van der Waals surface area contributed by atoms with Crippen molar-refractivity contribution in [2.24, 2.45) is 0 Å². The standard InChI is InChI=1S/C10H14ClN3/c1-2-8-4-3-5-14(8)10-6-9(11)12-7-13-10/h6-8H,2-5H2,1H3. The van der Waals surface area contributed by atoms with Crippen molar-refractivity contribution in [3.05, 3.63) is 17.5 Å². The molecular formula is C10H14ClN3. The van der Waals surface area contributed by atoms with Crippen molar-refractivity contribution in [1.29, 1.82) is 0 Å². The number of hydrogen-bond donors (Lipinski definition) is 0. The normalized spacial score (nSPS) is 21.6. The van der Waals surface area contributed by atoms with E-state index in [2.05, 4.69) is 21.8 Å². The Hall–Kier alpha value is -0.830. The third kappa shape index (κ3) is 1.82. The fourth-order valence-corrected chi connectivity index (χ4v) is 2.18. The summed E-state index contributed by atoms with van der Waals surface area (Å²) in [5.41, 5.74) is 0. The highest BCUT2D eigenvalue weighted by atomic mass is 35.5. The topological polar surface area (TPSA) is 29.0 Å². The highest BCUT2D eigenvalue weighted by Gasteiger charge is 2.23. The van der Waals surface area contributed by atoms with Gasteiger partial charge in [0.15, 0.2) is 0 Å². The zero-order valence-corrected chi connectivity index (χ0v) is 9.04. The first-order valence-corrected chi connectivity index (χ1v) is 5.43. The Morgan fingerprint density at radius 3 is 3.14 bits per heavy atom. The Morgan fingerprint density at radius 1 is 1.57 bits per heavy atom. The molecule has 76 valence electrons. The van der Waals surface area contributed by atoms with E-state index in [0.717, 1.165) is 12.4 Å². The first-order valence-electron chi connectivity index (χ1n) is 5.05. The Morgan fingerprint density at radius 2 is 2.43 bits per heavy atom. The van der Waals surface area contributed by atoms with E-state index in [-0.39, 0.29) is 0 Å². The van der Waals surface area contributed by atoms with Crippen LogP contribution in [-0.2, 0) is 0 Å². The van der Waals surface area contributed by atoms with Crippen molar-refractivity contribution >= 4 is 17.4 Å². The Kier molecular flexibility index (Phi) is 2.87. The molecule has 2 heterocycles. The molecule has 1 unspecified atom stereocenters. The van der Waals surface area contributed by atoms with E-state index in [1.54, 1.807) is 0 Å². The zero-order chi connectivity index (χ0) is 9.97. The summed E-state index contributed by atoms with van der Waals surface area (Å²) in [5, 5.41) is 0.525. The van der Waals surface area contributed by atoms with E-state index >= 15 is 0 Å². The molecule has 0 radical (unpaired) electrons. The van der Waals surface area contributed by atoms with Crippen LogP contribution < -0.4 is 4.90 Å². The first kappa shape index (κ1) is 9.71. The van der Waals surface area contributed by atoms with Gasteiger partial charge in [-0.3, -0.25) is 0 Å². The van der Waals surface area contributed by atoms with E-state index < -0.39 is 0 Å². The maximum atomic E-state index is 5.84. The van der Waals surface area contributed by atoms with Gasteiger partial charge in [-0.2, -0.15) is 0 Å². The van der Waals surface area contributed by atoms with E-state index in [1.807, 2.05) is 6.07 Å². The average Bonchev–Trinajstić information content (AvgIpc) is 2.65. The van der Waals surface area contributed by atoms with Crippen molar-refractivity contribution in [1.82, 2.24) is 9.97 Å². The minimum atomic E-state index is 0.525. The Bertz CT molecular complexity index is 316. The SMILES string of the molecule is CCC1CCCN1c1cc(Cl)ncn1. The quantitative estimate of drug-likeness (QED) is 0.704. The molecule has 1 aromatic rings. The maximum absolute atomic E-state index is 5.84. The third-order valence-electron chi connectivity index (χ3n) is 2.76. The van der Waals surface area contributed by atoms with Gasteiger partial charge in [0.25, 0.3) is 0 Å². The molecular weight excluding hydrogens is 198 g/mol. The highest BCUT2D eigenvalue weighted by Crippen LogP contribution is 2.26. The van der Waals surface area contributed by atoms with Gasteiger partial charge in [0, 0.05) is 18.7 Å². The summed E-state index contributed by atoms with van der Waals surface area (Å²) >= 11 is 5.84. The molecule has 0 amide bonds. The molecule has 0 saturated carbocycles. The summed E-state index contributed by atoms with van der Waals surface area (Å²) in [6.07, 6.45) is 5.21. The lowest BCUT2D eigenvalue weighted by atomic mass is 10.2. The summed E-state index contributed by atoms with van der Waals surface area (Å²) in [6.45, 7) is 3.30. The van der Waals surface area contributed by atoms with Gasteiger partial charge in [0.2, 0.25) is 0 Å². The molecule has 0 aliphatic carbocycles. The molecule has 1 fully saturated rings. The summed E-state index contributed by atoms with van der Waals surface area (Å²) in [4.78, 5) is 10.5. The van der Waals surface area contributed by atoms with Crippen LogP contribution in [0.1, 0.15) is 26.2 Å². The molecule has 1 aliphatic rings. The van der Waals surface area contributed by atoms with Gasteiger partial charge >= 0.3 is 0 Å². The molecule has 14 heavy (non-hydrogen) atoms. The van der Waals surface area contributed by atoms with Crippen LogP contribution in [0.3, 0.4) is 0 Å². The van der Waals surface area contributed by atoms with Gasteiger partial charge in [-0.25, -0.2) is 9.97 Å². The molecule has 1 atom stereocenters. The lowest BCUT2D eigenvalue weighted by molar-refractivity contribution is 0.640. The van der Waals surface area contributed by atoms with E-state index in [0.29, 0.717) is 11.2 Å². The van der Waals surface area contributed by atoms with Crippen molar-refractivity contribution in [3.8, 4) is 0 Å². The lowest BCUT2D eigenvalue weighted by Crippen LogP contribution is -2.29. The fraction of sp³-hybridized carbons (Fsp3) is 0.600. The van der Waals surface area contributed by atoms with Crippen LogP contribution in [0.25, 0.3) is 0 Å². The molecule has 2 rings (SSSR count). The number of nitrogens with zero attached hydrogens (tertiary/aromatic N) is 3. The largest absolute Gasteiger partial charge is 0.354 e. The van der Waals surface area contributed by atoms with Crippen molar-refractivity contribution in [2.45, 2.75) is 32.2 Å². The summed E-state index contributed by atoms with van der Waals surface area (Å²) < 4.78 is 0. The van der Waals surface area contributed by atoms with E-state index in [1.165, 1.54) is 25.6 Å². The summed E-state index contributed by atoms with van der Waals surface area (Å²) in [6, 6.07) is 2.47. The predicted octanol–water partition coefficient (Wildman–Crippen LogP) is 2.51. The van der Waals surface area contributed by atoms with Gasteiger partial charge in [0.1, 0.15) is 17.3 Å². The third-order valence-corrected chi connectivity index (χ3v) is 2.97. The predicted molar refractivity (Wildman–Crippen MR) is 57.7 cm³/mol. The molecule has 0 bridgehead atoms. The number of rotatable bonds is 2. The average molecular weight is 212 g/mol. The minimum absolute atomic E-state index is 0.525. The molecule has 3 nitrogen and oxygen atoms in total. The van der Waals surface area contributed by atoms with Crippen molar-refractivity contribution in [2.75, 3.05) is 11.4 Å². The van der Waals surface area contributed by atoms with Gasteiger partial charge < -0.3 is 4.90 Å². The molecule has 1 aromatic heterocycles. The molecule has 1 saturated heterocycles. The van der Waals surface area contributed by atoms with Crippen molar-refractivity contribution in [3.63, 3.8) is 0 Å². The Balaban J connectivity index is 2.21. The maximum Gasteiger partial charge on any atom is 0.134 e. The second kappa shape index (κ2) is 4.13. The molecule has 0 spiro atoms. The van der Waals surface area contributed by atoms with Crippen LogP contribution in [0.15, 0.2) is 12.4 Å². The molecule has 0 aromatic carbocycles. The van der Waals surface area contributed by atoms with Crippen LogP contribution in [0, 0.1) is 0 Å². The highest BCUT2D eigenvalue weighted by molar-refractivity contribution is 6.29. The van der Waals surface area contributed by atoms with Gasteiger partial charge in [0.05, 0.1) is 0 Å². The second-order valence-corrected chi connectivity index (χ2v) is 3.98. The summed E-state index contributed by atoms with van der Waals surface area (Å²) in [5.74, 6) is 0.967. The lowest BCUT2D eigenvalue weighted by Gasteiger charge is -2.24. The number of anilines is 1. The van der Waals surface area contributed by atoms with E-state index in [4.69, 9.17) is 11.6 Å². The van der Waals surface area contributed by atoms with Gasteiger partial charge in [-0.15, -0.1) is 0 Å². The number of aromatic nitrogens is 2. The van der Waals surface area contributed by atoms with E-state index in [9.17, 15) is 0 Å². The van der Waals surface area contributed by atoms with Gasteiger partial charge in [-0.05, 0) is 19.3 Å². The summed E-state index contributed by atoms with van der Waals surface area (Å²) in [7, 11) is 0. The monoisotopic (exact) mass is 211 g/mol. The Labute approximate surface area is 89.1 Å². The smallest absolute Gasteiger partial charge is 0.134 e.